The van der Waals surface area contributed by atoms with Crippen LogP contribution < -0.4 is 15.5 Å². The molecular weight excluding hydrogens is 352 g/mol. The average Bonchev–Trinajstić information content (AvgIpc) is 3.21. The zero-order chi connectivity index (χ0) is 18.7. The molecule has 1 fully saturated rings. The van der Waals surface area contributed by atoms with Gasteiger partial charge in [0.25, 0.3) is 5.91 Å². The van der Waals surface area contributed by atoms with Crippen LogP contribution in [-0.2, 0) is 11.2 Å². The predicted molar refractivity (Wildman–Crippen MR) is 99.6 cm³/mol. The van der Waals surface area contributed by atoms with Crippen molar-refractivity contribution < 1.29 is 14.4 Å². The Kier molecular flexibility index (Phi) is 5.32. The average molecular weight is 372 g/mol. The molecule has 4 amide bonds. The molecule has 8 heteroatoms. The molecule has 1 saturated heterocycles. The number of amides is 4. The zero-order valence-electron chi connectivity index (χ0n) is 14.6. The quantitative estimate of drug-likeness (QED) is 0.761. The molecule has 0 bridgehead atoms. The highest BCUT2D eigenvalue weighted by molar-refractivity contribution is 7.09. The third-order valence-electron chi connectivity index (χ3n) is 4.02. The van der Waals surface area contributed by atoms with Crippen LogP contribution in [0.5, 0.6) is 0 Å². The highest BCUT2D eigenvalue weighted by Gasteiger charge is 2.27. The van der Waals surface area contributed by atoms with Crippen molar-refractivity contribution in [2.45, 2.75) is 26.2 Å². The van der Waals surface area contributed by atoms with E-state index in [9.17, 15) is 14.4 Å². The minimum Gasteiger partial charge on any atom is -0.352 e. The fourth-order valence-corrected chi connectivity index (χ4v) is 3.49. The first-order valence-electron chi connectivity index (χ1n) is 8.38. The van der Waals surface area contributed by atoms with E-state index in [2.05, 4.69) is 34.8 Å². The van der Waals surface area contributed by atoms with Gasteiger partial charge < -0.3 is 5.32 Å². The van der Waals surface area contributed by atoms with Gasteiger partial charge in [-0.3, -0.25) is 19.8 Å². The Labute approximate surface area is 155 Å². The first-order valence-corrected chi connectivity index (χ1v) is 9.26. The fraction of sp³-hybridized carbons (Fsp3) is 0.333. The maximum absolute atomic E-state index is 12.2. The van der Waals surface area contributed by atoms with Crippen molar-refractivity contribution in [2.75, 3.05) is 18.0 Å². The SMILES string of the molecule is CC(C)c1csc(CCNC(=O)c2ccc(N3CC(=O)NC3=O)cc2)n1. The van der Waals surface area contributed by atoms with Crippen LogP contribution in [0.4, 0.5) is 10.5 Å². The van der Waals surface area contributed by atoms with Gasteiger partial charge in [-0.05, 0) is 30.2 Å². The molecule has 2 aromatic rings. The van der Waals surface area contributed by atoms with Crippen LogP contribution >= 0.6 is 11.3 Å². The summed E-state index contributed by atoms with van der Waals surface area (Å²) < 4.78 is 0. The lowest BCUT2D eigenvalue weighted by Gasteiger charge is -2.13. The lowest BCUT2D eigenvalue weighted by atomic mass is 10.2. The number of rotatable bonds is 6. The second kappa shape index (κ2) is 7.65. The summed E-state index contributed by atoms with van der Waals surface area (Å²) >= 11 is 1.61. The molecule has 1 aromatic heterocycles. The molecule has 1 aliphatic heterocycles. The van der Waals surface area contributed by atoms with Crippen molar-refractivity contribution in [1.82, 2.24) is 15.6 Å². The lowest BCUT2D eigenvalue weighted by molar-refractivity contribution is -0.117. The van der Waals surface area contributed by atoms with E-state index in [0.717, 1.165) is 10.7 Å². The van der Waals surface area contributed by atoms with Gasteiger partial charge in [-0.1, -0.05) is 13.8 Å². The number of carbonyl (C=O) groups excluding carboxylic acids is 3. The molecule has 2 heterocycles. The molecule has 0 aliphatic carbocycles. The topological polar surface area (TPSA) is 91.4 Å². The number of carbonyl (C=O) groups is 3. The summed E-state index contributed by atoms with van der Waals surface area (Å²) in [7, 11) is 0. The Morgan fingerprint density at radius 2 is 2.04 bits per heavy atom. The second-order valence-electron chi connectivity index (χ2n) is 6.31. The van der Waals surface area contributed by atoms with Crippen molar-refractivity contribution in [3.63, 3.8) is 0 Å². The van der Waals surface area contributed by atoms with Gasteiger partial charge in [0.05, 0.1) is 10.7 Å². The third-order valence-corrected chi connectivity index (χ3v) is 4.95. The number of thiazole rings is 1. The monoisotopic (exact) mass is 372 g/mol. The molecule has 7 nitrogen and oxygen atoms in total. The maximum atomic E-state index is 12.2. The number of nitrogens with zero attached hydrogens (tertiary/aromatic N) is 2. The summed E-state index contributed by atoms with van der Waals surface area (Å²) in [6.45, 7) is 4.71. The zero-order valence-corrected chi connectivity index (χ0v) is 15.4. The molecule has 2 N–H and O–H groups in total. The summed E-state index contributed by atoms with van der Waals surface area (Å²) in [4.78, 5) is 41.0. The van der Waals surface area contributed by atoms with Crippen molar-refractivity contribution in [3.8, 4) is 0 Å². The van der Waals surface area contributed by atoms with Crippen LogP contribution in [0.2, 0.25) is 0 Å². The van der Waals surface area contributed by atoms with E-state index in [1.54, 1.807) is 35.6 Å². The molecule has 0 saturated carbocycles. The number of hydrogen-bond acceptors (Lipinski definition) is 5. The van der Waals surface area contributed by atoms with Crippen LogP contribution in [-0.4, -0.2) is 35.9 Å². The molecular formula is C18H20N4O3S. The van der Waals surface area contributed by atoms with Gasteiger partial charge in [0.1, 0.15) is 6.54 Å². The van der Waals surface area contributed by atoms with E-state index in [-0.39, 0.29) is 18.4 Å². The van der Waals surface area contributed by atoms with E-state index in [1.807, 2.05) is 0 Å². The minimum atomic E-state index is -0.448. The van der Waals surface area contributed by atoms with Crippen molar-refractivity contribution in [3.05, 3.63) is 45.9 Å². The summed E-state index contributed by atoms with van der Waals surface area (Å²) in [6, 6.07) is 6.14. The van der Waals surface area contributed by atoms with E-state index in [0.29, 0.717) is 30.1 Å². The summed E-state index contributed by atoms with van der Waals surface area (Å²) in [6.07, 6.45) is 0.692. The molecule has 26 heavy (non-hydrogen) atoms. The molecule has 136 valence electrons. The molecule has 0 radical (unpaired) electrons. The number of imide groups is 1. The van der Waals surface area contributed by atoms with Crippen LogP contribution in [0.1, 0.15) is 40.8 Å². The number of anilines is 1. The molecule has 1 aliphatic rings. The highest BCUT2D eigenvalue weighted by Crippen LogP contribution is 2.19. The molecule has 0 unspecified atom stereocenters. The van der Waals surface area contributed by atoms with Crippen molar-refractivity contribution in [2.24, 2.45) is 0 Å². The molecule has 0 spiro atoms. The second-order valence-corrected chi connectivity index (χ2v) is 7.26. The van der Waals surface area contributed by atoms with E-state index < -0.39 is 6.03 Å². The fourth-order valence-electron chi connectivity index (χ4n) is 2.53. The van der Waals surface area contributed by atoms with Gasteiger partial charge in [0, 0.05) is 29.6 Å². The van der Waals surface area contributed by atoms with Gasteiger partial charge in [-0.2, -0.15) is 0 Å². The van der Waals surface area contributed by atoms with Crippen LogP contribution in [0.15, 0.2) is 29.6 Å². The maximum Gasteiger partial charge on any atom is 0.329 e. The van der Waals surface area contributed by atoms with Gasteiger partial charge in [0.2, 0.25) is 5.91 Å². The molecule has 0 atom stereocenters. The lowest BCUT2D eigenvalue weighted by Crippen LogP contribution is -2.28. The summed E-state index contributed by atoms with van der Waals surface area (Å²) in [5.74, 6) is -0.111. The normalized spacial score (nSPS) is 14.0. The summed E-state index contributed by atoms with van der Waals surface area (Å²) in [5.41, 5.74) is 2.16. The van der Waals surface area contributed by atoms with Crippen molar-refractivity contribution >= 4 is 34.9 Å². The smallest absolute Gasteiger partial charge is 0.329 e. The standard InChI is InChI=1S/C18H20N4O3S/c1-11(2)14-10-26-16(20-14)7-8-19-17(24)12-3-5-13(6-4-12)22-9-15(23)21-18(22)25/h3-6,10-11H,7-9H2,1-2H3,(H,19,24)(H,21,23,25). The van der Waals surface area contributed by atoms with Gasteiger partial charge in [0.15, 0.2) is 0 Å². The number of benzene rings is 1. The van der Waals surface area contributed by atoms with Gasteiger partial charge >= 0.3 is 6.03 Å². The summed E-state index contributed by atoms with van der Waals surface area (Å²) in [5, 5.41) is 8.15. The van der Waals surface area contributed by atoms with Crippen LogP contribution in [0, 0.1) is 0 Å². The number of aromatic nitrogens is 1. The van der Waals surface area contributed by atoms with Crippen LogP contribution in [0.3, 0.4) is 0 Å². The van der Waals surface area contributed by atoms with Crippen LogP contribution in [0.25, 0.3) is 0 Å². The first kappa shape index (κ1) is 18.1. The van der Waals surface area contributed by atoms with E-state index in [4.69, 9.17) is 0 Å². The van der Waals surface area contributed by atoms with E-state index in [1.165, 1.54) is 4.90 Å². The number of hydrogen-bond donors (Lipinski definition) is 2. The first-order chi connectivity index (χ1) is 12.4. The number of nitrogens with one attached hydrogen (secondary N) is 2. The minimum absolute atomic E-state index is 0.00342. The van der Waals surface area contributed by atoms with Gasteiger partial charge in [-0.15, -0.1) is 11.3 Å². The number of urea groups is 1. The Balaban J connectivity index is 1.53. The Morgan fingerprint density at radius 1 is 1.31 bits per heavy atom. The molecule has 1 aromatic carbocycles. The predicted octanol–water partition coefficient (Wildman–Crippen LogP) is 2.30. The van der Waals surface area contributed by atoms with Crippen molar-refractivity contribution in [1.29, 1.82) is 0 Å². The van der Waals surface area contributed by atoms with Gasteiger partial charge in [-0.25, -0.2) is 9.78 Å². The Morgan fingerprint density at radius 3 is 2.62 bits per heavy atom. The largest absolute Gasteiger partial charge is 0.352 e. The van der Waals surface area contributed by atoms with E-state index >= 15 is 0 Å². The third kappa shape index (κ3) is 4.08. The Hall–Kier alpha value is -2.74. The highest BCUT2D eigenvalue weighted by atomic mass is 32.1. The Bertz CT molecular complexity index is 829. The molecule has 3 rings (SSSR count).